The van der Waals surface area contributed by atoms with Gasteiger partial charge in [-0.2, -0.15) is 0 Å². The predicted octanol–water partition coefficient (Wildman–Crippen LogP) is 0.440. The molecule has 1 rings (SSSR count). The first kappa shape index (κ1) is 8.27. The zero-order valence-corrected chi connectivity index (χ0v) is 6.34. The first-order chi connectivity index (χ1) is 4.86. The fourth-order valence-electron chi connectivity index (χ4n) is 0.545. The molecule has 1 fully saturated rings. The molecule has 2 atom stereocenters. The van der Waals surface area contributed by atoms with Gasteiger partial charge in [0.15, 0.2) is 0 Å². The van der Waals surface area contributed by atoms with Crippen molar-refractivity contribution in [3.63, 3.8) is 0 Å². The highest BCUT2D eigenvalue weighted by Crippen LogP contribution is 2.10. The van der Waals surface area contributed by atoms with Gasteiger partial charge in [-0.25, -0.2) is 5.11 Å². The van der Waals surface area contributed by atoms with Crippen molar-refractivity contribution in [2.24, 2.45) is 0 Å². The standard InChI is InChI=1S/C6H10ClO3/c7-1-5(2-8)9-3-6-4-10-6/h5-6H,1-4H2. The normalized spacial score (nSPS) is 26.4. The molecule has 0 aromatic carbocycles. The number of rotatable bonds is 5. The SMILES string of the molecule is [O]CC(CCl)OCC1CO1. The first-order valence-electron chi connectivity index (χ1n) is 3.24. The third kappa shape index (κ3) is 2.84. The van der Waals surface area contributed by atoms with Gasteiger partial charge in [-0.15, -0.1) is 11.6 Å². The molecule has 1 saturated heterocycles. The summed E-state index contributed by atoms with van der Waals surface area (Å²) in [4.78, 5) is 0. The average molecular weight is 166 g/mol. The van der Waals surface area contributed by atoms with E-state index in [0.717, 1.165) is 6.61 Å². The molecule has 0 spiro atoms. The Morgan fingerprint density at radius 3 is 2.90 bits per heavy atom. The van der Waals surface area contributed by atoms with Gasteiger partial charge < -0.3 is 9.47 Å². The van der Waals surface area contributed by atoms with Crippen molar-refractivity contribution in [2.45, 2.75) is 12.2 Å². The summed E-state index contributed by atoms with van der Waals surface area (Å²) in [6, 6.07) is 0. The maximum Gasteiger partial charge on any atom is 0.110 e. The summed E-state index contributed by atoms with van der Waals surface area (Å²) in [5.74, 6) is 0.274. The molecule has 1 aliphatic heterocycles. The van der Waals surface area contributed by atoms with Crippen molar-refractivity contribution in [1.29, 1.82) is 0 Å². The van der Waals surface area contributed by atoms with E-state index < -0.39 is 0 Å². The monoisotopic (exact) mass is 165 g/mol. The van der Waals surface area contributed by atoms with Crippen LogP contribution in [0, 0.1) is 0 Å². The van der Waals surface area contributed by atoms with Crippen LogP contribution in [0.2, 0.25) is 0 Å². The molecule has 0 aromatic rings. The molecule has 0 N–H and O–H groups in total. The van der Waals surface area contributed by atoms with Crippen molar-refractivity contribution in [1.82, 2.24) is 0 Å². The molecule has 1 aliphatic rings. The minimum absolute atomic E-state index is 0.220. The number of hydrogen-bond donors (Lipinski definition) is 0. The molecule has 4 heteroatoms. The zero-order chi connectivity index (χ0) is 7.40. The summed E-state index contributed by atoms with van der Waals surface area (Å²) in [7, 11) is 0. The van der Waals surface area contributed by atoms with Crippen LogP contribution >= 0.6 is 11.6 Å². The fourth-order valence-corrected chi connectivity index (χ4v) is 0.723. The van der Waals surface area contributed by atoms with E-state index in [4.69, 9.17) is 21.1 Å². The maximum atomic E-state index is 10.2. The topological polar surface area (TPSA) is 41.7 Å². The van der Waals surface area contributed by atoms with Crippen LogP contribution in [0.1, 0.15) is 0 Å². The number of epoxide rings is 1. The molecule has 1 heterocycles. The third-order valence-electron chi connectivity index (χ3n) is 1.28. The van der Waals surface area contributed by atoms with Crippen molar-refractivity contribution in [3.05, 3.63) is 0 Å². The lowest BCUT2D eigenvalue weighted by atomic mass is 10.4. The quantitative estimate of drug-likeness (QED) is 0.438. The highest BCUT2D eigenvalue weighted by atomic mass is 35.5. The van der Waals surface area contributed by atoms with E-state index in [1.54, 1.807) is 0 Å². The highest BCUT2D eigenvalue weighted by molar-refractivity contribution is 6.18. The van der Waals surface area contributed by atoms with Gasteiger partial charge in [-0.1, -0.05) is 0 Å². The van der Waals surface area contributed by atoms with Crippen molar-refractivity contribution < 1.29 is 14.6 Å². The smallest absolute Gasteiger partial charge is 0.110 e. The van der Waals surface area contributed by atoms with Gasteiger partial charge in [-0.3, -0.25) is 0 Å². The summed E-state index contributed by atoms with van der Waals surface area (Å²) in [6.45, 7) is 1.00. The van der Waals surface area contributed by atoms with E-state index in [2.05, 4.69) is 0 Å². The predicted molar refractivity (Wildman–Crippen MR) is 35.8 cm³/mol. The second-order valence-electron chi connectivity index (χ2n) is 2.23. The second kappa shape index (κ2) is 4.13. The molecular weight excluding hydrogens is 156 g/mol. The molecule has 0 aromatic heterocycles. The van der Waals surface area contributed by atoms with Crippen LogP contribution in [0.4, 0.5) is 0 Å². The minimum Gasteiger partial charge on any atom is -0.372 e. The van der Waals surface area contributed by atoms with Crippen molar-refractivity contribution in [3.8, 4) is 0 Å². The van der Waals surface area contributed by atoms with E-state index in [-0.39, 0.29) is 24.7 Å². The molecule has 0 amide bonds. The van der Waals surface area contributed by atoms with E-state index in [1.807, 2.05) is 0 Å². The second-order valence-corrected chi connectivity index (χ2v) is 2.54. The van der Waals surface area contributed by atoms with E-state index >= 15 is 0 Å². The van der Waals surface area contributed by atoms with E-state index in [9.17, 15) is 5.11 Å². The first-order valence-corrected chi connectivity index (χ1v) is 3.77. The lowest BCUT2D eigenvalue weighted by molar-refractivity contribution is -0.00160. The molecule has 0 saturated carbocycles. The van der Waals surface area contributed by atoms with Crippen LogP contribution < -0.4 is 0 Å². The summed E-state index contributed by atoms with van der Waals surface area (Å²) in [5.41, 5.74) is 0. The van der Waals surface area contributed by atoms with Gasteiger partial charge in [0.1, 0.15) is 12.7 Å². The lowest BCUT2D eigenvalue weighted by Crippen LogP contribution is -2.21. The Bertz CT molecular complexity index is 91.0. The number of ether oxygens (including phenoxy) is 2. The Morgan fingerprint density at radius 1 is 1.80 bits per heavy atom. The molecular formula is C6H10ClO3. The summed E-state index contributed by atoms with van der Waals surface area (Å²) < 4.78 is 9.97. The van der Waals surface area contributed by atoms with Gasteiger partial charge >= 0.3 is 0 Å². The summed E-state index contributed by atoms with van der Waals surface area (Å²) in [5, 5.41) is 10.2. The van der Waals surface area contributed by atoms with Crippen molar-refractivity contribution in [2.75, 3.05) is 25.7 Å². The van der Waals surface area contributed by atoms with Crippen LogP contribution in [-0.2, 0) is 14.6 Å². The zero-order valence-electron chi connectivity index (χ0n) is 5.59. The van der Waals surface area contributed by atoms with Gasteiger partial charge in [0.25, 0.3) is 0 Å². The van der Waals surface area contributed by atoms with Gasteiger partial charge in [-0.05, 0) is 0 Å². The molecule has 2 unspecified atom stereocenters. The Hall–Kier alpha value is 0.170. The highest BCUT2D eigenvalue weighted by Gasteiger charge is 2.23. The lowest BCUT2D eigenvalue weighted by Gasteiger charge is -2.08. The Kier molecular flexibility index (Phi) is 3.42. The van der Waals surface area contributed by atoms with Crippen LogP contribution in [0.5, 0.6) is 0 Å². The van der Waals surface area contributed by atoms with Gasteiger partial charge in [0, 0.05) is 0 Å². The maximum absolute atomic E-state index is 10.2. The number of halogens is 1. The van der Waals surface area contributed by atoms with Gasteiger partial charge in [0.2, 0.25) is 0 Å². The largest absolute Gasteiger partial charge is 0.372 e. The Morgan fingerprint density at radius 2 is 2.50 bits per heavy atom. The number of hydrogen-bond acceptors (Lipinski definition) is 2. The van der Waals surface area contributed by atoms with Crippen LogP contribution in [-0.4, -0.2) is 37.9 Å². The van der Waals surface area contributed by atoms with E-state index in [1.165, 1.54) is 0 Å². The minimum atomic E-state index is -0.342. The molecule has 59 valence electrons. The molecule has 0 aliphatic carbocycles. The molecule has 3 nitrogen and oxygen atoms in total. The average Bonchev–Trinajstić information content (AvgIpc) is 2.74. The van der Waals surface area contributed by atoms with Gasteiger partial charge in [0.05, 0.1) is 25.2 Å². The van der Waals surface area contributed by atoms with Crippen LogP contribution in [0.25, 0.3) is 0 Å². The summed E-state index contributed by atoms with van der Waals surface area (Å²) in [6.07, 6.45) is -0.122. The summed E-state index contributed by atoms with van der Waals surface area (Å²) >= 11 is 5.41. The van der Waals surface area contributed by atoms with Crippen LogP contribution in [0.15, 0.2) is 0 Å². The molecule has 10 heavy (non-hydrogen) atoms. The van der Waals surface area contributed by atoms with Crippen LogP contribution in [0.3, 0.4) is 0 Å². The Balaban J connectivity index is 1.97. The fraction of sp³-hybridized carbons (Fsp3) is 1.00. The number of alkyl halides is 1. The van der Waals surface area contributed by atoms with Crippen molar-refractivity contribution >= 4 is 11.6 Å². The third-order valence-corrected chi connectivity index (χ3v) is 1.62. The Labute approximate surface area is 64.9 Å². The molecule has 1 radical (unpaired) electrons. The molecule has 0 bridgehead atoms. The van der Waals surface area contributed by atoms with E-state index in [0.29, 0.717) is 6.61 Å².